The van der Waals surface area contributed by atoms with Gasteiger partial charge in [-0.05, 0) is 42.5 Å². The number of nitrogens with one attached hydrogen (secondary N) is 1. The molecule has 1 atom stereocenters. The largest absolute Gasteiger partial charge is 0.545 e. The molecule has 1 amide bonds. The van der Waals surface area contributed by atoms with Crippen molar-refractivity contribution in [3.05, 3.63) is 46.2 Å². The summed E-state index contributed by atoms with van der Waals surface area (Å²) in [6, 6.07) is 6.93. The van der Waals surface area contributed by atoms with Crippen molar-refractivity contribution in [1.29, 1.82) is 0 Å². The van der Waals surface area contributed by atoms with Crippen molar-refractivity contribution in [3.8, 4) is 0 Å². The average Bonchev–Trinajstić information content (AvgIpc) is 3.13. The van der Waals surface area contributed by atoms with E-state index in [4.69, 9.17) is 0 Å². The summed E-state index contributed by atoms with van der Waals surface area (Å²) in [6.45, 7) is 3.01. The molecule has 0 saturated carbocycles. The Balaban J connectivity index is 1.72. The molecule has 27 heavy (non-hydrogen) atoms. The molecule has 1 N–H and O–H groups in total. The summed E-state index contributed by atoms with van der Waals surface area (Å²) in [5.74, 6) is -1.43. The van der Waals surface area contributed by atoms with Crippen LogP contribution in [-0.4, -0.2) is 37.7 Å². The smallest absolute Gasteiger partial charge is 0.265 e. The van der Waals surface area contributed by atoms with E-state index in [0.29, 0.717) is 24.7 Å². The first-order valence-corrected chi connectivity index (χ1v) is 10.8. The third-order valence-electron chi connectivity index (χ3n) is 4.44. The molecule has 1 aromatic heterocycles. The Bertz CT molecular complexity index is 950. The van der Waals surface area contributed by atoms with Crippen LogP contribution in [0.3, 0.4) is 0 Å². The molecule has 2 aromatic rings. The molecule has 0 unspecified atom stereocenters. The van der Waals surface area contributed by atoms with E-state index in [1.165, 1.54) is 40.0 Å². The number of hydrogen-bond acceptors (Lipinski definition) is 6. The normalized spacial score (nSPS) is 18.2. The second-order valence-corrected chi connectivity index (χ2v) is 9.43. The Labute approximate surface area is 161 Å². The number of carbonyl (C=O) groups is 2. The maximum absolute atomic E-state index is 12.8. The highest BCUT2D eigenvalue weighted by molar-refractivity contribution is 7.89. The fourth-order valence-electron chi connectivity index (χ4n) is 2.97. The summed E-state index contributed by atoms with van der Waals surface area (Å²) < 4.78 is 27.0. The molecule has 1 saturated heterocycles. The van der Waals surface area contributed by atoms with Gasteiger partial charge in [-0.3, -0.25) is 4.79 Å². The highest BCUT2D eigenvalue weighted by atomic mass is 32.2. The van der Waals surface area contributed by atoms with E-state index in [2.05, 4.69) is 5.32 Å². The summed E-state index contributed by atoms with van der Waals surface area (Å²) in [7, 11) is -3.60. The van der Waals surface area contributed by atoms with Crippen LogP contribution in [0.25, 0.3) is 0 Å². The molecule has 0 aliphatic carbocycles. The molecule has 1 fully saturated rings. The Morgan fingerprint density at radius 3 is 2.59 bits per heavy atom. The van der Waals surface area contributed by atoms with Crippen molar-refractivity contribution >= 4 is 38.9 Å². The number of carboxylic acid groups (broad SMARTS) is 1. The lowest BCUT2D eigenvalue weighted by atomic mass is 10.0. The lowest BCUT2D eigenvalue weighted by Gasteiger charge is -2.29. The zero-order valence-electron chi connectivity index (χ0n) is 14.7. The number of benzene rings is 1. The van der Waals surface area contributed by atoms with Crippen LogP contribution in [0.4, 0.5) is 5.69 Å². The minimum Gasteiger partial charge on any atom is -0.545 e. The van der Waals surface area contributed by atoms with Crippen molar-refractivity contribution < 1.29 is 23.1 Å². The molecular formula is C18H19N2O5S2-. The van der Waals surface area contributed by atoms with E-state index in [9.17, 15) is 23.1 Å². The average molecular weight is 407 g/mol. The van der Waals surface area contributed by atoms with E-state index < -0.39 is 21.9 Å². The predicted octanol–water partition coefficient (Wildman–Crippen LogP) is 1.78. The van der Waals surface area contributed by atoms with E-state index in [1.807, 2.05) is 6.92 Å². The lowest BCUT2D eigenvalue weighted by Crippen LogP contribution is -2.38. The van der Waals surface area contributed by atoms with Gasteiger partial charge in [-0.15, -0.1) is 11.3 Å². The number of thiophene rings is 1. The molecule has 3 rings (SSSR count). The Kier molecular flexibility index (Phi) is 5.64. The number of aromatic carboxylic acids is 1. The monoisotopic (exact) mass is 407 g/mol. The van der Waals surface area contributed by atoms with Crippen LogP contribution in [0.1, 0.15) is 39.8 Å². The first kappa shape index (κ1) is 19.5. The van der Waals surface area contributed by atoms with Gasteiger partial charge in [-0.25, -0.2) is 8.42 Å². The second kappa shape index (κ2) is 7.79. The maximum atomic E-state index is 12.8. The van der Waals surface area contributed by atoms with Crippen molar-refractivity contribution in [3.63, 3.8) is 0 Å². The molecule has 0 radical (unpaired) electrons. The number of rotatable bonds is 5. The van der Waals surface area contributed by atoms with E-state index in [0.717, 1.165) is 24.2 Å². The standard InChI is InChI=1S/C18H20N2O5S2/c1-12-3-2-8-20(10-12)27(24,25)15-9-16(26-11-15)17(21)19-14-6-4-13(5-7-14)18(22)23/h4-7,9,11-12H,2-3,8,10H2,1H3,(H,19,21)(H,22,23)/p-1/t12-/m1/s1. The second-order valence-electron chi connectivity index (χ2n) is 6.58. The van der Waals surface area contributed by atoms with Gasteiger partial charge in [0.25, 0.3) is 5.91 Å². The summed E-state index contributed by atoms with van der Waals surface area (Å²) in [5, 5.41) is 14.8. The Morgan fingerprint density at radius 2 is 1.96 bits per heavy atom. The van der Waals surface area contributed by atoms with Crippen LogP contribution in [0.2, 0.25) is 0 Å². The minimum absolute atomic E-state index is 0.00765. The Hall–Kier alpha value is -2.23. The number of anilines is 1. The quantitative estimate of drug-likeness (QED) is 0.813. The van der Waals surface area contributed by atoms with Crippen LogP contribution < -0.4 is 10.4 Å². The molecule has 9 heteroatoms. The molecule has 144 valence electrons. The van der Waals surface area contributed by atoms with Gasteiger partial charge in [0, 0.05) is 24.2 Å². The van der Waals surface area contributed by atoms with Crippen molar-refractivity contribution in [2.24, 2.45) is 5.92 Å². The molecule has 1 aliphatic heterocycles. The predicted molar refractivity (Wildman–Crippen MR) is 100 cm³/mol. The lowest BCUT2D eigenvalue weighted by molar-refractivity contribution is -0.255. The van der Waals surface area contributed by atoms with Crippen LogP contribution in [0, 0.1) is 5.92 Å². The SMILES string of the molecule is C[C@@H]1CCCN(S(=O)(=O)c2csc(C(=O)Nc3ccc(C(=O)[O-])cc3)c2)C1. The first-order chi connectivity index (χ1) is 12.8. The molecular weight excluding hydrogens is 388 g/mol. The van der Waals surface area contributed by atoms with Crippen molar-refractivity contribution in [2.75, 3.05) is 18.4 Å². The van der Waals surface area contributed by atoms with Gasteiger partial charge in [0.1, 0.15) is 0 Å². The minimum atomic E-state index is -3.60. The topological polar surface area (TPSA) is 107 Å². The number of sulfonamides is 1. The molecule has 1 aliphatic rings. The number of piperidine rings is 1. The fourth-order valence-corrected chi connectivity index (χ4v) is 5.72. The van der Waals surface area contributed by atoms with E-state index in [-0.39, 0.29) is 15.3 Å². The molecule has 2 heterocycles. The van der Waals surface area contributed by atoms with Crippen molar-refractivity contribution in [1.82, 2.24) is 4.31 Å². The number of carbonyl (C=O) groups excluding carboxylic acids is 2. The number of carboxylic acids is 1. The zero-order valence-corrected chi connectivity index (χ0v) is 16.3. The van der Waals surface area contributed by atoms with Gasteiger partial charge >= 0.3 is 0 Å². The summed E-state index contributed by atoms with van der Waals surface area (Å²) in [5.41, 5.74) is 0.418. The van der Waals surface area contributed by atoms with E-state index in [1.54, 1.807) is 0 Å². The van der Waals surface area contributed by atoms with Gasteiger partial charge < -0.3 is 15.2 Å². The highest BCUT2D eigenvalue weighted by Crippen LogP contribution is 2.27. The summed E-state index contributed by atoms with van der Waals surface area (Å²) in [4.78, 5) is 23.5. The number of nitrogens with zero attached hydrogens (tertiary/aromatic N) is 1. The van der Waals surface area contributed by atoms with E-state index >= 15 is 0 Å². The number of amides is 1. The maximum Gasteiger partial charge on any atom is 0.265 e. The molecule has 1 aromatic carbocycles. The molecule has 0 spiro atoms. The molecule has 0 bridgehead atoms. The third-order valence-corrected chi connectivity index (χ3v) is 7.36. The summed E-state index contributed by atoms with van der Waals surface area (Å²) in [6.07, 6.45) is 1.85. The van der Waals surface area contributed by atoms with Crippen molar-refractivity contribution in [2.45, 2.75) is 24.7 Å². The first-order valence-electron chi connectivity index (χ1n) is 8.49. The Morgan fingerprint density at radius 1 is 1.26 bits per heavy atom. The van der Waals surface area contributed by atoms with Gasteiger partial charge in [0.2, 0.25) is 10.0 Å². The van der Waals surface area contributed by atoms with Crippen LogP contribution in [-0.2, 0) is 10.0 Å². The van der Waals surface area contributed by atoms with Crippen LogP contribution in [0.5, 0.6) is 0 Å². The number of hydrogen-bond donors (Lipinski definition) is 1. The van der Waals surface area contributed by atoms with Gasteiger partial charge in [0.15, 0.2) is 0 Å². The van der Waals surface area contributed by atoms with Gasteiger partial charge in [-0.1, -0.05) is 19.1 Å². The van der Waals surface area contributed by atoms with Crippen LogP contribution >= 0.6 is 11.3 Å². The fraction of sp³-hybridized carbons (Fsp3) is 0.333. The highest BCUT2D eigenvalue weighted by Gasteiger charge is 2.30. The third kappa shape index (κ3) is 4.37. The summed E-state index contributed by atoms with van der Waals surface area (Å²) >= 11 is 1.05. The van der Waals surface area contributed by atoms with Gasteiger partial charge in [-0.2, -0.15) is 4.31 Å². The van der Waals surface area contributed by atoms with Gasteiger partial charge in [0.05, 0.1) is 15.7 Å². The molecule has 7 nitrogen and oxygen atoms in total. The van der Waals surface area contributed by atoms with Crippen LogP contribution in [0.15, 0.2) is 40.6 Å². The zero-order chi connectivity index (χ0) is 19.6.